The predicted octanol–water partition coefficient (Wildman–Crippen LogP) is 0.428. The van der Waals surface area contributed by atoms with Gasteiger partial charge in [0.1, 0.15) is 0 Å². The fourth-order valence-corrected chi connectivity index (χ4v) is 2.16. The number of ether oxygens (including phenoxy) is 2. The number of morpholine rings is 1. The summed E-state index contributed by atoms with van der Waals surface area (Å²) in [6.07, 6.45) is 3.70. The maximum absolute atomic E-state index is 11.4. The molecule has 104 valence electrons. The molecular weight excluding hydrogens is 246 g/mol. The molecule has 0 saturated carbocycles. The Balaban J connectivity index is 2.03. The predicted molar refractivity (Wildman–Crippen MR) is 70.3 cm³/mol. The lowest BCUT2D eigenvalue weighted by Crippen LogP contribution is -2.46. The maximum Gasteiger partial charge on any atom is 0.307 e. The van der Waals surface area contributed by atoms with E-state index in [1.807, 2.05) is 6.07 Å². The minimum Gasteiger partial charge on any atom is -0.469 e. The van der Waals surface area contributed by atoms with Crippen molar-refractivity contribution in [3.8, 4) is 0 Å². The van der Waals surface area contributed by atoms with Crippen molar-refractivity contribution >= 4 is 11.7 Å². The van der Waals surface area contributed by atoms with E-state index in [0.29, 0.717) is 31.9 Å². The number of rotatable bonds is 4. The van der Waals surface area contributed by atoms with E-state index in [4.69, 9.17) is 15.2 Å². The molecule has 1 atom stereocenters. The van der Waals surface area contributed by atoms with Gasteiger partial charge in [0.15, 0.2) is 0 Å². The second kappa shape index (κ2) is 6.49. The zero-order valence-corrected chi connectivity index (χ0v) is 11.0. The number of anilines is 1. The highest BCUT2D eigenvalue weighted by atomic mass is 16.5. The van der Waals surface area contributed by atoms with Crippen LogP contribution < -0.4 is 5.73 Å². The fraction of sp³-hybridized carbons (Fsp3) is 0.538. The molecule has 19 heavy (non-hydrogen) atoms. The van der Waals surface area contributed by atoms with E-state index in [9.17, 15) is 4.79 Å². The molecule has 0 radical (unpaired) electrons. The van der Waals surface area contributed by atoms with Gasteiger partial charge in [-0.05, 0) is 11.6 Å². The zero-order chi connectivity index (χ0) is 13.7. The Morgan fingerprint density at radius 3 is 3.26 bits per heavy atom. The summed E-state index contributed by atoms with van der Waals surface area (Å²) in [6, 6.07) is 1.94. The van der Waals surface area contributed by atoms with Gasteiger partial charge in [-0.2, -0.15) is 0 Å². The minimum atomic E-state index is -0.219. The summed E-state index contributed by atoms with van der Waals surface area (Å²) >= 11 is 0. The van der Waals surface area contributed by atoms with Crippen molar-refractivity contribution in [3.63, 3.8) is 0 Å². The maximum atomic E-state index is 11.4. The molecule has 2 rings (SSSR count). The van der Waals surface area contributed by atoms with Gasteiger partial charge in [0.05, 0.1) is 38.6 Å². The quantitative estimate of drug-likeness (QED) is 0.795. The first-order chi connectivity index (χ1) is 9.20. The van der Waals surface area contributed by atoms with Gasteiger partial charge in [0.25, 0.3) is 0 Å². The second-order valence-corrected chi connectivity index (χ2v) is 4.55. The number of nitrogens with zero attached hydrogens (tertiary/aromatic N) is 2. The third-order valence-electron chi connectivity index (χ3n) is 3.30. The third-order valence-corrected chi connectivity index (χ3v) is 3.30. The molecule has 0 aliphatic carbocycles. The van der Waals surface area contributed by atoms with Crippen molar-refractivity contribution in [2.75, 3.05) is 32.6 Å². The van der Waals surface area contributed by atoms with Gasteiger partial charge in [-0.15, -0.1) is 0 Å². The van der Waals surface area contributed by atoms with Crippen LogP contribution in [0.1, 0.15) is 12.0 Å². The molecule has 2 heterocycles. The molecule has 1 aromatic heterocycles. The van der Waals surface area contributed by atoms with Crippen molar-refractivity contribution < 1.29 is 14.3 Å². The molecule has 2 N–H and O–H groups in total. The molecule has 1 aliphatic heterocycles. The zero-order valence-electron chi connectivity index (χ0n) is 11.0. The minimum absolute atomic E-state index is 0.0359. The topological polar surface area (TPSA) is 77.7 Å². The van der Waals surface area contributed by atoms with Crippen LogP contribution in [-0.4, -0.2) is 48.8 Å². The Labute approximate surface area is 112 Å². The molecule has 1 aliphatic rings. The number of carbonyl (C=O) groups excluding carboxylic acids is 1. The van der Waals surface area contributed by atoms with Crippen LogP contribution >= 0.6 is 0 Å². The van der Waals surface area contributed by atoms with E-state index < -0.39 is 0 Å². The summed E-state index contributed by atoms with van der Waals surface area (Å²) in [7, 11) is 1.40. The average molecular weight is 265 g/mol. The van der Waals surface area contributed by atoms with E-state index in [1.54, 1.807) is 12.4 Å². The van der Waals surface area contributed by atoms with E-state index in [1.165, 1.54) is 7.11 Å². The third kappa shape index (κ3) is 3.65. The molecule has 0 amide bonds. The van der Waals surface area contributed by atoms with Gasteiger partial charge in [0, 0.05) is 25.3 Å². The van der Waals surface area contributed by atoms with Gasteiger partial charge in [-0.3, -0.25) is 14.7 Å². The second-order valence-electron chi connectivity index (χ2n) is 4.55. The number of pyridine rings is 1. The lowest BCUT2D eigenvalue weighted by molar-refractivity contribution is -0.144. The normalized spacial score (nSPS) is 20.2. The molecule has 0 aromatic carbocycles. The molecule has 1 fully saturated rings. The Morgan fingerprint density at radius 2 is 2.53 bits per heavy atom. The SMILES string of the molecule is COC(=O)CC1COCCN1Cc1ccncc1N. The van der Waals surface area contributed by atoms with Gasteiger partial charge in [0.2, 0.25) is 0 Å². The van der Waals surface area contributed by atoms with Crippen molar-refractivity contribution in [3.05, 3.63) is 24.0 Å². The molecule has 0 bridgehead atoms. The Bertz CT molecular complexity index is 439. The smallest absolute Gasteiger partial charge is 0.307 e. The number of carbonyl (C=O) groups is 1. The summed E-state index contributed by atoms with van der Waals surface area (Å²) in [5.41, 5.74) is 7.59. The van der Waals surface area contributed by atoms with E-state index in [2.05, 4.69) is 9.88 Å². The first-order valence-electron chi connectivity index (χ1n) is 6.27. The van der Waals surface area contributed by atoms with Crippen LogP contribution in [0.3, 0.4) is 0 Å². The highest BCUT2D eigenvalue weighted by Gasteiger charge is 2.26. The summed E-state index contributed by atoms with van der Waals surface area (Å²) in [5.74, 6) is -0.219. The van der Waals surface area contributed by atoms with Crippen LogP contribution in [0.4, 0.5) is 5.69 Å². The fourth-order valence-electron chi connectivity index (χ4n) is 2.16. The number of nitrogen functional groups attached to an aromatic ring is 1. The van der Waals surface area contributed by atoms with Crippen LogP contribution in [0.5, 0.6) is 0 Å². The van der Waals surface area contributed by atoms with Crippen LogP contribution in [0.2, 0.25) is 0 Å². The Hall–Kier alpha value is -1.66. The van der Waals surface area contributed by atoms with Gasteiger partial charge in [-0.25, -0.2) is 0 Å². The van der Waals surface area contributed by atoms with Crippen molar-refractivity contribution in [2.45, 2.75) is 19.0 Å². The first kappa shape index (κ1) is 13.8. The van der Waals surface area contributed by atoms with Gasteiger partial charge >= 0.3 is 5.97 Å². The van der Waals surface area contributed by atoms with Crippen LogP contribution in [0.15, 0.2) is 18.5 Å². The van der Waals surface area contributed by atoms with E-state index in [-0.39, 0.29) is 12.0 Å². The lowest BCUT2D eigenvalue weighted by Gasteiger charge is -2.35. The number of aromatic nitrogens is 1. The summed E-state index contributed by atoms with van der Waals surface area (Å²) < 4.78 is 10.2. The monoisotopic (exact) mass is 265 g/mol. The lowest BCUT2D eigenvalue weighted by atomic mass is 10.1. The highest BCUT2D eigenvalue weighted by molar-refractivity contribution is 5.69. The molecular formula is C13H19N3O3. The molecule has 6 heteroatoms. The van der Waals surface area contributed by atoms with Gasteiger partial charge < -0.3 is 15.2 Å². The highest BCUT2D eigenvalue weighted by Crippen LogP contribution is 2.18. The van der Waals surface area contributed by atoms with Crippen molar-refractivity contribution in [1.82, 2.24) is 9.88 Å². The summed E-state index contributed by atoms with van der Waals surface area (Å²) in [4.78, 5) is 17.6. The number of esters is 1. The molecule has 1 saturated heterocycles. The Kier molecular flexibility index (Phi) is 4.70. The van der Waals surface area contributed by atoms with Crippen LogP contribution in [0.25, 0.3) is 0 Å². The molecule has 1 unspecified atom stereocenters. The van der Waals surface area contributed by atoms with Gasteiger partial charge in [-0.1, -0.05) is 0 Å². The molecule has 6 nitrogen and oxygen atoms in total. The standard InChI is InChI=1S/C13H19N3O3/c1-18-13(17)6-11-9-19-5-4-16(11)8-10-2-3-15-7-12(10)14/h2-3,7,11H,4-6,8-9,14H2,1H3. The number of nitrogens with two attached hydrogens (primary N) is 1. The summed E-state index contributed by atoms with van der Waals surface area (Å²) in [5, 5.41) is 0. The van der Waals surface area contributed by atoms with Crippen molar-refractivity contribution in [1.29, 1.82) is 0 Å². The summed E-state index contributed by atoms with van der Waals surface area (Å²) in [6.45, 7) is 2.69. The molecule has 0 spiro atoms. The number of methoxy groups -OCH3 is 1. The van der Waals surface area contributed by atoms with Crippen LogP contribution in [0, 0.1) is 0 Å². The van der Waals surface area contributed by atoms with E-state index in [0.717, 1.165) is 12.1 Å². The largest absolute Gasteiger partial charge is 0.469 e. The van der Waals surface area contributed by atoms with Crippen molar-refractivity contribution in [2.24, 2.45) is 0 Å². The average Bonchev–Trinajstić information content (AvgIpc) is 2.43. The van der Waals surface area contributed by atoms with E-state index >= 15 is 0 Å². The number of hydrogen-bond acceptors (Lipinski definition) is 6. The van der Waals surface area contributed by atoms with Crippen LogP contribution in [-0.2, 0) is 20.8 Å². The number of hydrogen-bond donors (Lipinski definition) is 1. The Morgan fingerprint density at radius 1 is 1.68 bits per heavy atom. The first-order valence-corrected chi connectivity index (χ1v) is 6.27. The molecule has 1 aromatic rings.